The molecule has 0 aromatic heterocycles. The number of nitrogens with one attached hydrogen (secondary N) is 1. The highest BCUT2D eigenvalue weighted by atomic mass is 32.2. The molecule has 7 heteroatoms. The van der Waals surface area contributed by atoms with E-state index in [-0.39, 0.29) is 23.5 Å². The highest BCUT2D eigenvalue weighted by Crippen LogP contribution is 2.13. The molecule has 0 bridgehead atoms. The second-order valence-corrected chi connectivity index (χ2v) is 7.96. The van der Waals surface area contributed by atoms with E-state index in [0.29, 0.717) is 12.0 Å². The maximum Gasteiger partial charge on any atom is 0.251 e. The molecular weight excluding hydrogens is 316 g/mol. The number of nitrogens with zero attached hydrogens (tertiary/aromatic N) is 1. The molecule has 0 unspecified atom stereocenters. The van der Waals surface area contributed by atoms with Gasteiger partial charge in [0.2, 0.25) is 0 Å². The first-order valence-electron chi connectivity index (χ1n) is 7.81. The normalized spacial score (nSPS) is 17.1. The summed E-state index contributed by atoms with van der Waals surface area (Å²) >= 11 is 0. The topological polar surface area (TPSA) is 86.4 Å². The number of likely N-dealkylation sites (tertiary alicyclic amines) is 1. The number of hydrogen-bond acceptors (Lipinski definition) is 4. The number of rotatable bonds is 6. The molecule has 1 aliphatic heterocycles. The summed E-state index contributed by atoms with van der Waals surface area (Å²) < 4.78 is 22.8. The van der Waals surface area contributed by atoms with Gasteiger partial charge in [-0.15, -0.1) is 0 Å². The van der Waals surface area contributed by atoms with Crippen LogP contribution in [0.5, 0.6) is 0 Å². The molecule has 127 valence electrons. The summed E-state index contributed by atoms with van der Waals surface area (Å²) in [5.41, 5.74) is 0.464. The lowest BCUT2D eigenvalue weighted by Gasteiger charge is -2.32. The van der Waals surface area contributed by atoms with Crippen molar-refractivity contribution in [1.82, 2.24) is 10.2 Å². The largest absolute Gasteiger partial charge is 0.349 e. The first-order chi connectivity index (χ1) is 10.9. The molecule has 1 aliphatic rings. The van der Waals surface area contributed by atoms with Crippen LogP contribution in [0.25, 0.3) is 0 Å². The Bertz CT molecular complexity index is 620. The summed E-state index contributed by atoms with van der Waals surface area (Å²) in [6.45, 7) is 2.56. The average Bonchev–Trinajstić information content (AvgIpc) is 2.53. The lowest BCUT2D eigenvalue weighted by Crippen LogP contribution is -2.44. The van der Waals surface area contributed by atoms with E-state index in [1.165, 1.54) is 24.3 Å². The van der Waals surface area contributed by atoms with E-state index in [2.05, 4.69) is 10.2 Å². The van der Waals surface area contributed by atoms with Crippen molar-refractivity contribution in [3.05, 3.63) is 29.8 Å². The number of benzene rings is 1. The Labute approximate surface area is 137 Å². The van der Waals surface area contributed by atoms with E-state index in [9.17, 15) is 18.3 Å². The van der Waals surface area contributed by atoms with Gasteiger partial charge in [0.1, 0.15) is 0 Å². The van der Waals surface area contributed by atoms with E-state index in [1.807, 2.05) is 0 Å². The number of piperidine rings is 1. The van der Waals surface area contributed by atoms with Gasteiger partial charge in [0.05, 0.1) is 11.5 Å². The van der Waals surface area contributed by atoms with Crippen LogP contribution >= 0.6 is 0 Å². The minimum absolute atomic E-state index is 0.0415. The number of amides is 1. The second kappa shape index (κ2) is 7.90. The van der Waals surface area contributed by atoms with Crippen molar-refractivity contribution >= 4 is 15.7 Å². The lowest BCUT2D eigenvalue weighted by atomic mass is 10.0. The first-order valence-corrected chi connectivity index (χ1v) is 9.71. The van der Waals surface area contributed by atoms with Gasteiger partial charge in [-0.2, -0.15) is 0 Å². The van der Waals surface area contributed by atoms with Gasteiger partial charge in [-0.3, -0.25) is 4.79 Å². The maximum absolute atomic E-state index is 12.2. The Morgan fingerprint density at radius 1 is 1.22 bits per heavy atom. The molecule has 2 rings (SSSR count). The molecule has 6 nitrogen and oxygen atoms in total. The zero-order valence-corrected chi connectivity index (χ0v) is 14.1. The molecule has 23 heavy (non-hydrogen) atoms. The monoisotopic (exact) mass is 339 g/mol. The molecule has 1 radical (unpaired) electrons. The molecular formula is C16H23N2O4S. The molecule has 0 saturated carbocycles. The van der Waals surface area contributed by atoms with Gasteiger partial charge in [0.25, 0.3) is 5.91 Å². The molecule has 1 aromatic carbocycles. The van der Waals surface area contributed by atoms with Gasteiger partial charge in [-0.1, -0.05) is 0 Å². The van der Waals surface area contributed by atoms with Crippen LogP contribution in [0.15, 0.2) is 29.2 Å². The lowest BCUT2D eigenvalue weighted by molar-refractivity contribution is 0.0906. The fraction of sp³-hybridized carbons (Fsp3) is 0.562. The number of hydrogen-bond donors (Lipinski definition) is 1. The van der Waals surface area contributed by atoms with Gasteiger partial charge in [-0.25, -0.2) is 13.5 Å². The first kappa shape index (κ1) is 17.9. The summed E-state index contributed by atoms with van der Waals surface area (Å²) in [5, 5.41) is 13.5. The standard InChI is InChI=1S/C16H23N2O4S/c1-23(21,22)15-5-3-13(4-6-15)16(20)17-14-7-10-18(11-8-14)9-2-12-19/h3-6,14H,2,7-12H2,1H3,(H,17,20). The van der Waals surface area contributed by atoms with Gasteiger partial charge < -0.3 is 10.2 Å². The van der Waals surface area contributed by atoms with E-state index in [0.717, 1.165) is 38.7 Å². The van der Waals surface area contributed by atoms with Crippen molar-refractivity contribution in [2.45, 2.75) is 30.2 Å². The predicted octanol–water partition coefficient (Wildman–Crippen LogP) is 1.10. The van der Waals surface area contributed by atoms with Crippen LogP contribution in [-0.4, -0.2) is 57.8 Å². The average molecular weight is 339 g/mol. The van der Waals surface area contributed by atoms with Crippen LogP contribution in [-0.2, 0) is 14.9 Å². The van der Waals surface area contributed by atoms with E-state index in [1.54, 1.807) is 0 Å². The maximum atomic E-state index is 12.2. The molecule has 0 aliphatic carbocycles. The van der Waals surface area contributed by atoms with Crippen molar-refractivity contribution in [3.8, 4) is 0 Å². The molecule has 1 heterocycles. The Morgan fingerprint density at radius 2 is 1.83 bits per heavy atom. The van der Waals surface area contributed by atoms with E-state index < -0.39 is 9.84 Å². The summed E-state index contributed by atoms with van der Waals surface area (Å²) in [4.78, 5) is 14.7. The summed E-state index contributed by atoms with van der Waals surface area (Å²) in [6, 6.07) is 6.11. The summed E-state index contributed by atoms with van der Waals surface area (Å²) in [7, 11) is -3.25. The van der Waals surface area contributed by atoms with Crippen LogP contribution < -0.4 is 5.32 Å². The van der Waals surface area contributed by atoms with Gasteiger partial charge >= 0.3 is 0 Å². The smallest absolute Gasteiger partial charge is 0.251 e. The zero-order chi connectivity index (χ0) is 16.9. The second-order valence-electron chi connectivity index (χ2n) is 5.94. The van der Waals surface area contributed by atoms with Crippen molar-refractivity contribution in [2.75, 3.05) is 32.5 Å². The van der Waals surface area contributed by atoms with Crippen LogP contribution in [0.1, 0.15) is 29.6 Å². The van der Waals surface area contributed by atoms with Crippen molar-refractivity contribution < 1.29 is 18.3 Å². The third kappa shape index (κ3) is 5.30. The Balaban J connectivity index is 1.86. The molecule has 1 N–H and O–H groups in total. The number of carbonyl (C=O) groups is 1. The SMILES string of the molecule is CS(=O)(=O)c1ccc(C(=O)NC2CCN(CCC[O])CC2)cc1. The van der Waals surface area contributed by atoms with E-state index >= 15 is 0 Å². The fourth-order valence-corrected chi connectivity index (χ4v) is 3.34. The third-order valence-electron chi connectivity index (χ3n) is 4.09. The molecule has 0 spiro atoms. The van der Waals surface area contributed by atoms with Crippen LogP contribution in [0.4, 0.5) is 0 Å². The fourth-order valence-electron chi connectivity index (χ4n) is 2.71. The molecule has 1 saturated heterocycles. The van der Waals surface area contributed by atoms with Crippen LogP contribution in [0.2, 0.25) is 0 Å². The van der Waals surface area contributed by atoms with Crippen molar-refractivity contribution in [1.29, 1.82) is 0 Å². The highest BCUT2D eigenvalue weighted by molar-refractivity contribution is 7.90. The van der Waals surface area contributed by atoms with Crippen LogP contribution in [0, 0.1) is 0 Å². The van der Waals surface area contributed by atoms with Gasteiger partial charge in [-0.05, 0) is 43.5 Å². The van der Waals surface area contributed by atoms with Crippen molar-refractivity contribution in [3.63, 3.8) is 0 Å². The molecule has 1 aromatic rings. The predicted molar refractivity (Wildman–Crippen MR) is 86.7 cm³/mol. The van der Waals surface area contributed by atoms with Crippen molar-refractivity contribution in [2.24, 2.45) is 0 Å². The number of sulfone groups is 1. The molecule has 1 amide bonds. The quantitative estimate of drug-likeness (QED) is 0.841. The highest BCUT2D eigenvalue weighted by Gasteiger charge is 2.21. The van der Waals surface area contributed by atoms with E-state index in [4.69, 9.17) is 0 Å². The Morgan fingerprint density at radius 3 is 2.35 bits per heavy atom. The Hall–Kier alpha value is -1.44. The van der Waals surface area contributed by atoms with Gasteiger partial charge in [0, 0.05) is 37.5 Å². The number of carbonyl (C=O) groups excluding carboxylic acids is 1. The van der Waals surface area contributed by atoms with Crippen LogP contribution in [0.3, 0.4) is 0 Å². The molecule has 0 atom stereocenters. The molecule has 1 fully saturated rings. The zero-order valence-electron chi connectivity index (χ0n) is 13.3. The Kier molecular flexibility index (Phi) is 6.15. The van der Waals surface area contributed by atoms with Gasteiger partial charge in [0.15, 0.2) is 9.84 Å². The minimum Gasteiger partial charge on any atom is -0.349 e. The summed E-state index contributed by atoms with van der Waals surface area (Å²) in [6.07, 6.45) is 3.55. The minimum atomic E-state index is -3.25. The third-order valence-corrected chi connectivity index (χ3v) is 5.21. The summed E-state index contributed by atoms with van der Waals surface area (Å²) in [5.74, 6) is -0.178.